The summed E-state index contributed by atoms with van der Waals surface area (Å²) in [6, 6.07) is 10.1. The van der Waals surface area contributed by atoms with Crippen molar-refractivity contribution in [2.24, 2.45) is 5.92 Å². The van der Waals surface area contributed by atoms with Gasteiger partial charge in [-0.3, -0.25) is 9.69 Å². The van der Waals surface area contributed by atoms with Crippen molar-refractivity contribution in [3.63, 3.8) is 0 Å². The van der Waals surface area contributed by atoms with Crippen molar-refractivity contribution in [2.45, 2.75) is 51.5 Å². The minimum atomic E-state index is -0.319. The van der Waals surface area contributed by atoms with Gasteiger partial charge in [-0.15, -0.1) is 0 Å². The molecule has 1 aromatic carbocycles. The van der Waals surface area contributed by atoms with Crippen molar-refractivity contribution in [3.05, 3.63) is 35.9 Å². The minimum absolute atomic E-state index is 0.0574. The van der Waals surface area contributed by atoms with E-state index in [1.54, 1.807) is 0 Å². The lowest BCUT2D eigenvalue weighted by Crippen LogP contribution is -2.45. The third-order valence-electron chi connectivity index (χ3n) is 5.42. The summed E-state index contributed by atoms with van der Waals surface area (Å²) >= 11 is 0. The maximum atomic E-state index is 12.3. The van der Waals surface area contributed by atoms with Gasteiger partial charge < -0.3 is 5.32 Å². The number of hydrogen-bond acceptors (Lipinski definition) is 3. The number of amides is 3. The molecule has 0 bridgehead atoms. The first kappa shape index (κ1) is 17.9. The Hall–Kier alpha value is -1.88. The molecule has 5 nitrogen and oxygen atoms in total. The first-order valence-corrected chi connectivity index (χ1v) is 9.55. The second-order valence-electron chi connectivity index (χ2n) is 7.28. The van der Waals surface area contributed by atoms with E-state index < -0.39 is 0 Å². The van der Waals surface area contributed by atoms with Gasteiger partial charge in [0.25, 0.3) is 5.91 Å². The topological polar surface area (TPSA) is 52.7 Å². The predicted octanol–water partition coefficient (Wildman–Crippen LogP) is 3.01. The molecule has 0 radical (unpaired) electrons. The molecule has 0 aromatic heterocycles. The highest BCUT2D eigenvalue weighted by atomic mass is 16.2. The molecule has 3 rings (SSSR count). The Morgan fingerprint density at radius 2 is 1.80 bits per heavy atom. The SMILES string of the molecule is CCCC1NC(=O)N(CN2CCC(CCc3ccccc3)CC2)C1=O. The molecule has 2 aliphatic heterocycles. The second-order valence-corrected chi connectivity index (χ2v) is 7.28. The van der Waals surface area contributed by atoms with Crippen LogP contribution in [0.25, 0.3) is 0 Å². The van der Waals surface area contributed by atoms with Gasteiger partial charge in [-0.25, -0.2) is 9.69 Å². The van der Waals surface area contributed by atoms with Gasteiger partial charge >= 0.3 is 6.03 Å². The smallest absolute Gasteiger partial charge is 0.325 e. The van der Waals surface area contributed by atoms with E-state index in [2.05, 4.69) is 40.5 Å². The molecule has 1 atom stereocenters. The Balaban J connectivity index is 1.42. The van der Waals surface area contributed by atoms with Crippen LogP contribution >= 0.6 is 0 Å². The number of piperidine rings is 1. The van der Waals surface area contributed by atoms with Crippen molar-refractivity contribution in [1.82, 2.24) is 15.1 Å². The van der Waals surface area contributed by atoms with Crippen LogP contribution in [-0.2, 0) is 11.2 Å². The van der Waals surface area contributed by atoms with Gasteiger partial charge in [0.2, 0.25) is 0 Å². The summed E-state index contributed by atoms with van der Waals surface area (Å²) in [5.41, 5.74) is 1.41. The van der Waals surface area contributed by atoms with Crippen molar-refractivity contribution in [1.29, 1.82) is 0 Å². The fourth-order valence-electron chi connectivity index (χ4n) is 3.83. The highest BCUT2D eigenvalue weighted by molar-refractivity contribution is 6.04. The average Bonchev–Trinajstić information content (AvgIpc) is 2.90. The molecule has 1 N–H and O–H groups in total. The van der Waals surface area contributed by atoms with Crippen LogP contribution in [0.3, 0.4) is 0 Å². The quantitative estimate of drug-likeness (QED) is 0.774. The monoisotopic (exact) mass is 343 g/mol. The summed E-state index contributed by atoms with van der Waals surface area (Å²) in [5, 5.41) is 2.80. The molecule has 0 spiro atoms. The van der Waals surface area contributed by atoms with Gasteiger partial charge in [0.1, 0.15) is 6.04 Å². The summed E-state index contributed by atoms with van der Waals surface area (Å²) < 4.78 is 0. The van der Waals surface area contributed by atoms with Crippen LogP contribution in [0.4, 0.5) is 4.79 Å². The molecule has 0 aliphatic carbocycles. The van der Waals surface area contributed by atoms with Gasteiger partial charge in [-0.05, 0) is 43.6 Å². The van der Waals surface area contributed by atoms with E-state index in [1.807, 2.05) is 6.92 Å². The van der Waals surface area contributed by atoms with Gasteiger partial charge in [0.05, 0.1) is 6.67 Å². The van der Waals surface area contributed by atoms with Crippen LogP contribution in [0.5, 0.6) is 0 Å². The van der Waals surface area contributed by atoms with E-state index >= 15 is 0 Å². The molecular formula is C20H29N3O2. The van der Waals surface area contributed by atoms with Gasteiger partial charge in [0, 0.05) is 13.1 Å². The molecule has 1 unspecified atom stereocenters. The summed E-state index contributed by atoms with van der Waals surface area (Å²) in [6.07, 6.45) is 6.28. The Labute approximate surface area is 150 Å². The Morgan fingerprint density at radius 3 is 2.48 bits per heavy atom. The number of hydrogen-bond donors (Lipinski definition) is 1. The molecule has 2 saturated heterocycles. The van der Waals surface area contributed by atoms with Crippen molar-refractivity contribution in [2.75, 3.05) is 19.8 Å². The van der Waals surface area contributed by atoms with Gasteiger partial charge in [0.15, 0.2) is 0 Å². The Kier molecular flexibility index (Phi) is 6.08. The Morgan fingerprint density at radius 1 is 1.08 bits per heavy atom. The lowest BCUT2D eigenvalue weighted by molar-refractivity contribution is -0.129. The maximum Gasteiger partial charge on any atom is 0.325 e. The fourth-order valence-corrected chi connectivity index (χ4v) is 3.83. The molecule has 3 amide bonds. The first-order valence-electron chi connectivity index (χ1n) is 9.55. The number of urea groups is 1. The maximum absolute atomic E-state index is 12.3. The third kappa shape index (κ3) is 4.60. The van der Waals surface area contributed by atoms with E-state index in [0.29, 0.717) is 6.67 Å². The number of rotatable bonds is 7. The van der Waals surface area contributed by atoms with E-state index in [1.165, 1.54) is 16.9 Å². The lowest BCUT2D eigenvalue weighted by atomic mass is 9.91. The molecule has 5 heteroatoms. The third-order valence-corrected chi connectivity index (χ3v) is 5.42. The Bertz CT molecular complexity index is 582. The van der Waals surface area contributed by atoms with E-state index in [-0.39, 0.29) is 18.0 Å². The van der Waals surface area contributed by atoms with Gasteiger partial charge in [-0.2, -0.15) is 0 Å². The largest absolute Gasteiger partial charge is 0.326 e. The molecule has 2 aliphatic rings. The number of imide groups is 1. The summed E-state index contributed by atoms with van der Waals surface area (Å²) in [6.45, 7) is 4.41. The molecule has 1 aromatic rings. The molecule has 2 fully saturated rings. The fraction of sp³-hybridized carbons (Fsp3) is 0.600. The average molecular weight is 343 g/mol. The number of carbonyl (C=O) groups excluding carboxylic acids is 2. The number of nitrogens with one attached hydrogen (secondary N) is 1. The molecule has 136 valence electrons. The highest BCUT2D eigenvalue weighted by Gasteiger charge is 2.38. The predicted molar refractivity (Wildman–Crippen MR) is 98.0 cm³/mol. The standard InChI is InChI=1S/C20H29N3O2/c1-2-6-18-19(24)23(20(25)21-18)15-22-13-11-17(12-14-22)10-9-16-7-4-3-5-8-16/h3-5,7-8,17-18H,2,6,9-15H2,1H3,(H,21,25). The van der Waals surface area contributed by atoms with Crippen LogP contribution in [0.1, 0.15) is 44.6 Å². The molecular weight excluding hydrogens is 314 g/mol. The lowest BCUT2D eigenvalue weighted by Gasteiger charge is -2.33. The molecule has 25 heavy (non-hydrogen) atoms. The summed E-state index contributed by atoms with van der Waals surface area (Å²) in [4.78, 5) is 28.0. The normalized spacial score (nSPS) is 22.4. The van der Waals surface area contributed by atoms with Crippen LogP contribution in [-0.4, -0.2) is 47.5 Å². The van der Waals surface area contributed by atoms with Crippen molar-refractivity contribution >= 4 is 11.9 Å². The number of carbonyl (C=O) groups is 2. The zero-order chi connectivity index (χ0) is 17.6. The zero-order valence-corrected chi connectivity index (χ0v) is 15.1. The number of likely N-dealkylation sites (tertiary alicyclic amines) is 1. The van der Waals surface area contributed by atoms with E-state index in [0.717, 1.165) is 51.1 Å². The second kappa shape index (κ2) is 8.48. The van der Waals surface area contributed by atoms with E-state index in [9.17, 15) is 9.59 Å². The zero-order valence-electron chi connectivity index (χ0n) is 15.1. The van der Waals surface area contributed by atoms with Crippen LogP contribution < -0.4 is 5.32 Å². The van der Waals surface area contributed by atoms with Crippen molar-refractivity contribution in [3.8, 4) is 0 Å². The molecule has 0 saturated carbocycles. The number of benzene rings is 1. The van der Waals surface area contributed by atoms with Crippen LogP contribution in [0, 0.1) is 5.92 Å². The first-order chi connectivity index (χ1) is 12.2. The molecule has 2 heterocycles. The number of aryl methyl sites for hydroxylation is 1. The van der Waals surface area contributed by atoms with Gasteiger partial charge in [-0.1, -0.05) is 43.7 Å². The van der Waals surface area contributed by atoms with Crippen molar-refractivity contribution < 1.29 is 9.59 Å². The summed E-state index contributed by atoms with van der Waals surface area (Å²) in [7, 11) is 0. The van der Waals surface area contributed by atoms with E-state index in [4.69, 9.17) is 0 Å². The highest BCUT2D eigenvalue weighted by Crippen LogP contribution is 2.23. The summed E-state index contributed by atoms with van der Waals surface area (Å²) in [5.74, 6) is 0.686. The minimum Gasteiger partial charge on any atom is -0.326 e. The number of nitrogens with zero attached hydrogens (tertiary/aromatic N) is 2. The van der Waals surface area contributed by atoms with Crippen LogP contribution in [0.2, 0.25) is 0 Å². The van der Waals surface area contributed by atoms with Crippen LogP contribution in [0.15, 0.2) is 30.3 Å².